The number of guanidine groups is 1. The summed E-state index contributed by atoms with van der Waals surface area (Å²) in [5.41, 5.74) is 0. The Morgan fingerprint density at radius 3 is 2.41 bits per heavy atom. The van der Waals surface area contributed by atoms with E-state index in [9.17, 15) is 13.2 Å². The average Bonchev–Trinajstić information content (AvgIpc) is 3.26. The van der Waals surface area contributed by atoms with Gasteiger partial charge in [-0.15, -0.1) is 24.0 Å². The lowest BCUT2D eigenvalue weighted by Crippen LogP contribution is -2.45. The summed E-state index contributed by atoms with van der Waals surface area (Å²) in [7, 11) is -3.42. The van der Waals surface area contributed by atoms with Crippen LogP contribution in [0, 0.1) is 5.92 Å². The summed E-state index contributed by atoms with van der Waals surface area (Å²) in [6.07, 6.45) is 3.07. The van der Waals surface area contributed by atoms with Gasteiger partial charge in [0, 0.05) is 51.7 Å². The molecule has 10 heteroatoms. The molecule has 0 aliphatic carbocycles. The van der Waals surface area contributed by atoms with Crippen LogP contribution in [-0.2, 0) is 14.8 Å². The maximum atomic E-state index is 12.8. The van der Waals surface area contributed by atoms with Crippen LogP contribution in [0.25, 0.3) is 0 Å². The number of aliphatic imine (C=N–C) groups is 1. The number of carbonyl (C=O) groups excluding carboxylic acids is 1. The number of amides is 1. The fraction of sp³-hybridized carbons (Fsp3) is 0.636. The topological polar surface area (TPSA) is 94.1 Å². The Morgan fingerprint density at radius 2 is 1.78 bits per heavy atom. The van der Waals surface area contributed by atoms with Gasteiger partial charge < -0.3 is 15.5 Å². The summed E-state index contributed by atoms with van der Waals surface area (Å²) in [5, 5.41) is 6.75. The standard InChI is InChI=1S/C22H35N5O3S.HI/c1-3-21(28)26-13-12-19(17-26)25-22(23-4-2)24-16-18-10-14-27(15-11-18)31(29,30)20-8-6-5-7-9-20;/h5-9,18-19H,3-4,10-17H2,1-2H3,(H2,23,24,25);1H. The Hall–Kier alpha value is -1.40. The van der Waals surface area contributed by atoms with Gasteiger partial charge in [-0.1, -0.05) is 25.1 Å². The molecule has 1 amide bonds. The van der Waals surface area contributed by atoms with Crippen LogP contribution in [0.4, 0.5) is 0 Å². The van der Waals surface area contributed by atoms with Crippen LogP contribution in [-0.4, -0.2) is 74.8 Å². The van der Waals surface area contributed by atoms with Crippen molar-refractivity contribution in [2.45, 2.75) is 50.5 Å². The first-order valence-electron chi connectivity index (χ1n) is 11.3. The number of hydrogen-bond donors (Lipinski definition) is 2. The molecule has 2 aliphatic heterocycles. The molecule has 1 aromatic carbocycles. The predicted molar refractivity (Wildman–Crippen MR) is 138 cm³/mol. The third-order valence-electron chi connectivity index (χ3n) is 5.99. The minimum atomic E-state index is -3.42. The highest BCUT2D eigenvalue weighted by atomic mass is 127. The van der Waals surface area contributed by atoms with Crippen molar-refractivity contribution < 1.29 is 13.2 Å². The molecule has 0 spiro atoms. The largest absolute Gasteiger partial charge is 0.357 e. The molecule has 0 bridgehead atoms. The number of nitrogens with one attached hydrogen (secondary N) is 2. The predicted octanol–water partition coefficient (Wildman–Crippen LogP) is 2.27. The molecule has 2 fully saturated rings. The maximum Gasteiger partial charge on any atom is 0.243 e. The van der Waals surface area contributed by atoms with Crippen molar-refractivity contribution in [3.63, 3.8) is 0 Å². The van der Waals surface area contributed by atoms with Gasteiger partial charge in [-0.25, -0.2) is 8.42 Å². The number of likely N-dealkylation sites (tertiary alicyclic amines) is 1. The van der Waals surface area contributed by atoms with Crippen molar-refractivity contribution in [3.05, 3.63) is 30.3 Å². The monoisotopic (exact) mass is 577 g/mol. The summed E-state index contributed by atoms with van der Waals surface area (Å²) in [6, 6.07) is 8.85. The molecule has 2 heterocycles. The zero-order valence-electron chi connectivity index (χ0n) is 19.0. The first-order chi connectivity index (χ1) is 14.9. The molecule has 2 N–H and O–H groups in total. The molecule has 3 rings (SSSR count). The third-order valence-corrected chi connectivity index (χ3v) is 7.90. The van der Waals surface area contributed by atoms with Crippen LogP contribution in [0.3, 0.4) is 0 Å². The van der Waals surface area contributed by atoms with Crippen molar-refractivity contribution in [2.24, 2.45) is 10.9 Å². The summed E-state index contributed by atoms with van der Waals surface area (Å²) in [4.78, 5) is 18.9. The second kappa shape index (κ2) is 12.7. The maximum absolute atomic E-state index is 12.8. The quantitative estimate of drug-likeness (QED) is 0.295. The van der Waals surface area contributed by atoms with E-state index >= 15 is 0 Å². The number of nitrogens with zero attached hydrogens (tertiary/aromatic N) is 3. The minimum absolute atomic E-state index is 0. The molecular formula is C22H36IN5O3S. The smallest absolute Gasteiger partial charge is 0.243 e. The lowest BCUT2D eigenvalue weighted by Gasteiger charge is -2.30. The lowest BCUT2D eigenvalue weighted by atomic mass is 9.98. The highest BCUT2D eigenvalue weighted by Crippen LogP contribution is 2.24. The molecule has 1 unspecified atom stereocenters. The van der Waals surface area contributed by atoms with Crippen molar-refractivity contribution in [1.82, 2.24) is 19.8 Å². The number of carbonyl (C=O) groups is 1. The molecular weight excluding hydrogens is 541 g/mol. The Labute approximate surface area is 209 Å². The Bertz CT molecular complexity index is 858. The molecule has 180 valence electrons. The molecule has 1 atom stereocenters. The first kappa shape index (κ1) is 26.8. The fourth-order valence-electron chi connectivity index (χ4n) is 4.14. The van der Waals surface area contributed by atoms with Gasteiger partial charge in [-0.05, 0) is 44.2 Å². The zero-order valence-corrected chi connectivity index (χ0v) is 22.1. The minimum Gasteiger partial charge on any atom is -0.357 e. The van der Waals surface area contributed by atoms with Gasteiger partial charge in [0.1, 0.15) is 0 Å². The van der Waals surface area contributed by atoms with Gasteiger partial charge in [-0.2, -0.15) is 4.31 Å². The van der Waals surface area contributed by atoms with E-state index < -0.39 is 10.0 Å². The van der Waals surface area contributed by atoms with Crippen molar-refractivity contribution >= 4 is 45.9 Å². The molecule has 0 saturated carbocycles. The highest BCUT2D eigenvalue weighted by Gasteiger charge is 2.29. The molecule has 0 radical (unpaired) electrons. The molecule has 32 heavy (non-hydrogen) atoms. The van der Waals surface area contributed by atoms with E-state index in [4.69, 9.17) is 4.99 Å². The molecule has 2 saturated heterocycles. The number of rotatable bonds is 7. The summed E-state index contributed by atoms with van der Waals surface area (Å²) >= 11 is 0. The fourth-order valence-corrected chi connectivity index (χ4v) is 5.63. The summed E-state index contributed by atoms with van der Waals surface area (Å²) in [5.74, 6) is 1.33. The van der Waals surface area contributed by atoms with E-state index in [-0.39, 0.29) is 35.9 Å². The second-order valence-corrected chi connectivity index (χ2v) is 10.1. The van der Waals surface area contributed by atoms with E-state index in [1.54, 1.807) is 28.6 Å². The van der Waals surface area contributed by atoms with E-state index in [2.05, 4.69) is 10.6 Å². The Balaban J connectivity index is 0.00000363. The van der Waals surface area contributed by atoms with Crippen LogP contribution in [0.2, 0.25) is 0 Å². The van der Waals surface area contributed by atoms with Crippen LogP contribution < -0.4 is 10.6 Å². The van der Waals surface area contributed by atoms with Gasteiger partial charge >= 0.3 is 0 Å². The van der Waals surface area contributed by atoms with E-state index in [0.717, 1.165) is 38.3 Å². The van der Waals surface area contributed by atoms with Crippen molar-refractivity contribution in [3.8, 4) is 0 Å². The van der Waals surface area contributed by atoms with Crippen LogP contribution in [0.5, 0.6) is 0 Å². The zero-order chi connectivity index (χ0) is 22.3. The molecule has 1 aromatic rings. The lowest BCUT2D eigenvalue weighted by molar-refractivity contribution is -0.129. The number of piperidine rings is 1. The van der Waals surface area contributed by atoms with Crippen LogP contribution in [0.1, 0.15) is 39.5 Å². The average molecular weight is 578 g/mol. The van der Waals surface area contributed by atoms with E-state index in [0.29, 0.717) is 43.4 Å². The van der Waals surface area contributed by atoms with Crippen LogP contribution >= 0.6 is 24.0 Å². The molecule has 2 aliphatic rings. The second-order valence-electron chi connectivity index (χ2n) is 8.20. The molecule has 8 nitrogen and oxygen atoms in total. The number of hydrogen-bond acceptors (Lipinski definition) is 4. The van der Waals surface area contributed by atoms with E-state index in [1.165, 1.54) is 0 Å². The van der Waals surface area contributed by atoms with Crippen molar-refractivity contribution in [2.75, 3.05) is 39.3 Å². The highest BCUT2D eigenvalue weighted by molar-refractivity contribution is 14.0. The summed E-state index contributed by atoms with van der Waals surface area (Å²) in [6.45, 7) is 7.92. The van der Waals surface area contributed by atoms with Crippen LogP contribution in [0.15, 0.2) is 40.2 Å². The van der Waals surface area contributed by atoms with E-state index in [1.807, 2.05) is 24.8 Å². The Kier molecular flexibility index (Phi) is 10.7. The third kappa shape index (κ3) is 7.05. The van der Waals surface area contributed by atoms with Gasteiger partial charge in [0.25, 0.3) is 0 Å². The molecule has 0 aromatic heterocycles. The van der Waals surface area contributed by atoms with Gasteiger partial charge in [0.15, 0.2) is 5.96 Å². The summed E-state index contributed by atoms with van der Waals surface area (Å²) < 4.78 is 27.2. The number of benzene rings is 1. The van der Waals surface area contributed by atoms with Crippen molar-refractivity contribution in [1.29, 1.82) is 0 Å². The first-order valence-corrected chi connectivity index (χ1v) is 12.8. The van der Waals surface area contributed by atoms with Gasteiger partial charge in [-0.3, -0.25) is 9.79 Å². The Morgan fingerprint density at radius 1 is 1.09 bits per heavy atom. The number of sulfonamides is 1. The van der Waals surface area contributed by atoms with Gasteiger partial charge in [0.2, 0.25) is 15.9 Å². The normalized spacial score (nSPS) is 20.6. The SMILES string of the molecule is CCNC(=NCC1CCN(S(=O)(=O)c2ccccc2)CC1)NC1CCN(C(=O)CC)C1.I. The number of halogens is 1. The van der Waals surface area contributed by atoms with Gasteiger partial charge in [0.05, 0.1) is 4.90 Å².